The first-order chi connectivity index (χ1) is 25.0. The van der Waals surface area contributed by atoms with Crippen LogP contribution >= 0.6 is 22.6 Å². The Bertz CT molecular complexity index is 1960. The second-order valence-electron chi connectivity index (χ2n) is 19.5. The van der Waals surface area contributed by atoms with Crippen molar-refractivity contribution in [3.05, 3.63) is 131 Å². The molecule has 0 fully saturated rings. The molecular weight excluding hydrogens is 811 g/mol. The lowest BCUT2D eigenvalue weighted by Crippen LogP contribution is -2.26. The summed E-state index contributed by atoms with van der Waals surface area (Å²) in [5.74, 6) is 0. The van der Waals surface area contributed by atoms with Crippen molar-refractivity contribution < 1.29 is 0 Å². The van der Waals surface area contributed by atoms with Gasteiger partial charge in [-0.2, -0.15) is 0 Å². The van der Waals surface area contributed by atoms with Crippen LogP contribution in [0.25, 0.3) is 0 Å². The van der Waals surface area contributed by atoms with Gasteiger partial charge >= 0.3 is 0 Å². The van der Waals surface area contributed by atoms with E-state index in [1.54, 1.807) is 25.3 Å². The monoisotopic (exact) mass is 884 g/mol. The minimum Gasteiger partial charge on any atom is -0.318 e. The molecule has 0 atom stereocenters. The highest BCUT2D eigenvalue weighted by atomic mass is 127. The second-order valence-corrected chi connectivity index (χ2v) is 20.6. The Morgan fingerprint density at radius 2 is 0.696 bits per heavy atom. The number of halogens is 1. The number of aryl methyl sites for hydroxylation is 4. The van der Waals surface area contributed by atoms with Crippen molar-refractivity contribution in [3.63, 3.8) is 0 Å². The Hall–Kier alpha value is -3.47. The third kappa shape index (κ3) is 12.3. The maximum Gasteiger partial charge on any atom is 0.263 e. The minimum atomic E-state index is 0.0927. The molecule has 0 aliphatic carbocycles. The number of hydrogen-bond donors (Lipinski definition) is 0. The van der Waals surface area contributed by atoms with Gasteiger partial charge in [-0.1, -0.05) is 83.1 Å². The maximum absolute atomic E-state index is 11.6. The first-order valence-electron chi connectivity index (χ1n) is 19.4. The van der Waals surface area contributed by atoms with Gasteiger partial charge in [0.15, 0.2) is 0 Å². The van der Waals surface area contributed by atoms with Crippen LogP contribution in [0.4, 0.5) is 0 Å². The van der Waals surface area contributed by atoms with Gasteiger partial charge < -0.3 is 18.3 Å². The predicted molar refractivity (Wildman–Crippen MR) is 247 cm³/mol. The number of hydrogen-bond acceptors (Lipinski definition) is 4. The molecule has 4 rings (SSSR count). The van der Waals surface area contributed by atoms with E-state index in [9.17, 15) is 19.2 Å². The number of aromatic nitrogens is 4. The highest BCUT2D eigenvalue weighted by Crippen LogP contribution is 2.28. The lowest BCUT2D eigenvalue weighted by Gasteiger charge is -2.23. The van der Waals surface area contributed by atoms with Gasteiger partial charge in [-0.15, -0.1) is 0 Å². The highest BCUT2D eigenvalue weighted by Gasteiger charge is 2.22. The number of rotatable bonds is 0. The summed E-state index contributed by atoms with van der Waals surface area (Å²) in [6.45, 7) is 39.7. The Kier molecular flexibility index (Phi) is 16.6. The van der Waals surface area contributed by atoms with Crippen molar-refractivity contribution in [1.29, 1.82) is 0 Å². The molecule has 0 bridgehead atoms. The Balaban J connectivity index is 0.000000373. The summed E-state index contributed by atoms with van der Waals surface area (Å²) in [6, 6.07) is 4.02. The van der Waals surface area contributed by atoms with Crippen LogP contribution in [-0.4, -0.2) is 18.3 Å². The Morgan fingerprint density at radius 3 is 1.00 bits per heavy atom. The first-order valence-corrected chi connectivity index (χ1v) is 20.5. The topological polar surface area (TPSA) is 88.0 Å². The molecule has 4 heterocycles. The average molecular weight is 885 g/mol. The van der Waals surface area contributed by atoms with Crippen LogP contribution in [0.2, 0.25) is 0 Å². The lowest BCUT2D eigenvalue weighted by molar-refractivity contribution is 0.570. The molecule has 0 aromatic carbocycles. The van der Waals surface area contributed by atoms with Crippen molar-refractivity contribution in [2.45, 2.75) is 153 Å². The molecule has 312 valence electrons. The fourth-order valence-electron chi connectivity index (χ4n) is 6.75. The number of pyridine rings is 4. The standard InChI is InChI=1S/3C12H19NO.C11H16INO/c1-8-9(2)11(14)13(6)7-10(8)12(3,4)5;2*1-8-7-10(12(3,4)5)9(2)13(6)11(8)14;1-7-8(11(2,3)4)6-13(5)10(14)9(7)12/h3*7H,1-6H3;6H,1-5H3. The van der Waals surface area contributed by atoms with Crippen LogP contribution in [0.1, 0.15) is 145 Å². The van der Waals surface area contributed by atoms with Gasteiger partial charge in [-0.05, 0) is 138 Å². The zero-order valence-corrected chi connectivity index (χ0v) is 41.3. The summed E-state index contributed by atoms with van der Waals surface area (Å²) in [5, 5.41) is 0. The van der Waals surface area contributed by atoms with Crippen LogP contribution in [0, 0.1) is 52.0 Å². The molecule has 0 amide bonds. The summed E-state index contributed by atoms with van der Waals surface area (Å²) in [4.78, 5) is 46.5. The average Bonchev–Trinajstić information content (AvgIpc) is 3.06. The summed E-state index contributed by atoms with van der Waals surface area (Å²) >= 11 is 2.13. The van der Waals surface area contributed by atoms with E-state index in [2.05, 4.69) is 106 Å². The van der Waals surface area contributed by atoms with E-state index in [1.165, 1.54) is 22.3 Å². The summed E-state index contributed by atoms with van der Waals surface area (Å²) in [5.41, 5.74) is 12.7. The molecule has 4 aromatic heterocycles. The van der Waals surface area contributed by atoms with E-state index in [0.717, 1.165) is 42.8 Å². The van der Waals surface area contributed by atoms with Gasteiger partial charge in [-0.25, -0.2) is 0 Å². The van der Waals surface area contributed by atoms with Gasteiger partial charge in [0.2, 0.25) is 0 Å². The normalized spacial score (nSPS) is 11.9. The molecule has 8 nitrogen and oxygen atoms in total. The zero-order valence-electron chi connectivity index (χ0n) is 39.1. The van der Waals surface area contributed by atoms with E-state index in [1.807, 2.05) is 94.1 Å². The van der Waals surface area contributed by atoms with Crippen LogP contribution in [0.3, 0.4) is 0 Å². The predicted octanol–water partition coefficient (Wildman–Crippen LogP) is 9.49. The molecule has 4 aromatic rings. The van der Waals surface area contributed by atoms with E-state index in [4.69, 9.17) is 0 Å². The van der Waals surface area contributed by atoms with E-state index < -0.39 is 0 Å². The first kappa shape index (κ1) is 50.5. The fraction of sp³-hybridized carbons (Fsp3) is 0.574. The SMILES string of the molecule is Cc1c(C(C)(C)C)cn(C)c(=O)c1C.Cc1c(C(C)(C)C)cn(C)c(=O)c1I.Cc1cc(C(C)(C)C)c(C)n(C)c1=O.Cc1cc(C(C)(C)C)c(C)n(C)c1=O. The van der Waals surface area contributed by atoms with Crippen LogP contribution < -0.4 is 22.2 Å². The molecule has 0 spiro atoms. The van der Waals surface area contributed by atoms with E-state index in [0.29, 0.717) is 0 Å². The van der Waals surface area contributed by atoms with Crippen LogP contribution in [0.15, 0.2) is 43.7 Å². The fourth-order valence-corrected chi connectivity index (χ4v) is 7.42. The van der Waals surface area contributed by atoms with Gasteiger partial charge in [-0.3, -0.25) is 19.2 Å². The maximum atomic E-state index is 11.6. The summed E-state index contributed by atoms with van der Waals surface area (Å²) < 4.78 is 7.63. The molecular formula is C47H73IN4O4. The molecule has 0 radical (unpaired) electrons. The van der Waals surface area contributed by atoms with Gasteiger partial charge in [0, 0.05) is 68.7 Å². The molecule has 56 heavy (non-hydrogen) atoms. The highest BCUT2D eigenvalue weighted by molar-refractivity contribution is 14.1. The number of nitrogens with zero attached hydrogens (tertiary/aromatic N) is 4. The van der Waals surface area contributed by atoms with Crippen molar-refractivity contribution in [2.24, 2.45) is 28.2 Å². The smallest absolute Gasteiger partial charge is 0.263 e. The van der Waals surface area contributed by atoms with Gasteiger partial charge in [0.25, 0.3) is 22.2 Å². The van der Waals surface area contributed by atoms with Crippen molar-refractivity contribution in [2.75, 3.05) is 0 Å². The third-order valence-corrected chi connectivity index (χ3v) is 11.8. The third-order valence-electron chi connectivity index (χ3n) is 10.5. The van der Waals surface area contributed by atoms with E-state index >= 15 is 0 Å². The molecule has 0 saturated carbocycles. The van der Waals surface area contributed by atoms with Crippen molar-refractivity contribution >= 4 is 22.6 Å². The van der Waals surface area contributed by atoms with Crippen molar-refractivity contribution in [1.82, 2.24) is 18.3 Å². The molecule has 9 heteroatoms. The second kappa shape index (κ2) is 18.4. The van der Waals surface area contributed by atoms with Crippen molar-refractivity contribution in [3.8, 4) is 0 Å². The van der Waals surface area contributed by atoms with Crippen LogP contribution in [0.5, 0.6) is 0 Å². The molecule has 0 saturated heterocycles. The Labute approximate surface area is 351 Å². The van der Waals surface area contributed by atoms with Gasteiger partial charge in [0.05, 0.1) is 3.57 Å². The molecule has 0 aliphatic heterocycles. The molecule has 0 unspecified atom stereocenters. The quantitative estimate of drug-likeness (QED) is 0.165. The van der Waals surface area contributed by atoms with Crippen LogP contribution in [-0.2, 0) is 49.9 Å². The lowest BCUT2D eigenvalue weighted by atomic mass is 9.84. The van der Waals surface area contributed by atoms with Gasteiger partial charge in [0.1, 0.15) is 0 Å². The minimum absolute atomic E-state index is 0.0927. The molecule has 0 N–H and O–H groups in total. The summed E-state index contributed by atoms with van der Waals surface area (Å²) in [6.07, 6.45) is 3.89. The zero-order chi connectivity index (χ0) is 44.4. The molecule has 0 aliphatic rings. The Morgan fingerprint density at radius 1 is 0.411 bits per heavy atom. The largest absolute Gasteiger partial charge is 0.318 e. The van der Waals surface area contributed by atoms with E-state index in [-0.39, 0.29) is 43.9 Å². The summed E-state index contributed by atoms with van der Waals surface area (Å²) in [7, 11) is 7.28.